The maximum absolute atomic E-state index is 14.2. The topological polar surface area (TPSA) is 83.1 Å². The molecule has 3 aromatic carbocycles. The first kappa shape index (κ1) is 35.3. The molecule has 16 heteroatoms. The number of carbonyl (C=O) groups is 2. The van der Waals surface area contributed by atoms with Crippen molar-refractivity contribution in [2.24, 2.45) is 0 Å². The SMILES string of the molecule is O=C(Nc1cccc(C(F)(F)F)c1N1CCOCC1)C(=Cc1cc(Cl)cc(Cl)c1)C(=O)Nc1cccc(C(F)(F)F)c1N1CCOCC1. The number of rotatable bonds is 7. The minimum Gasteiger partial charge on any atom is -0.378 e. The molecule has 0 atom stereocenters. The highest BCUT2D eigenvalue weighted by Crippen LogP contribution is 2.43. The predicted molar refractivity (Wildman–Crippen MR) is 171 cm³/mol. The van der Waals surface area contributed by atoms with Crippen LogP contribution in [0.2, 0.25) is 10.0 Å². The molecule has 0 radical (unpaired) electrons. The van der Waals surface area contributed by atoms with Gasteiger partial charge in [-0.3, -0.25) is 9.59 Å². The van der Waals surface area contributed by atoms with Crippen molar-refractivity contribution >= 4 is 63.8 Å². The van der Waals surface area contributed by atoms with E-state index in [0.29, 0.717) is 0 Å². The van der Waals surface area contributed by atoms with Crippen molar-refractivity contribution in [2.45, 2.75) is 12.4 Å². The number of hydrogen-bond donors (Lipinski definition) is 2. The van der Waals surface area contributed by atoms with Gasteiger partial charge in [0.15, 0.2) is 0 Å². The zero-order chi connectivity index (χ0) is 34.6. The molecule has 2 fully saturated rings. The van der Waals surface area contributed by atoms with Gasteiger partial charge in [0.05, 0.1) is 60.3 Å². The van der Waals surface area contributed by atoms with E-state index in [4.69, 9.17) is 32.7 Å². The summed E-state index contributed by atoms with van der Waals surface area (Å²) in [6, 6.07) is 10.6. The lowest BCUT2D eigenvalue weighted by molar-refractivity contribution is -0.138. The van der Waals surface area contributed by atoms with Crippen LogP contribution in [0.5, 0.6) is 0 Å². The molecule has 0 aromatic heterocycles. The summed E-state index contributed by atoms with van der Waals surface area (Å²) < 4.78 is 95.5. The Kier molecular flexibility index (Phi) is 10.8. The highest BCUT2D eigenvalue weighted by atomic mass is 35.5. The van der Waals surface area contributed by atoms with Crippen molar-refractivity contribution in [3.8, 4) is 0 Å². The number of nitrogens with zero attached hydrogens (tertiary/aromatic N) is 2. The molecule has 5 rings (SSSR count). The molecule has 0 aliphatic carbocycles. The van der Waals surface area contributed by atoms with Crippen molar-refractivity contribution in [1.29, 1.82) is 0 Å². The van der Waals surface area contributed by atoms with Crippen LogP contribution < -0.4 is 20.4 Å². The molecular weight excluding hydrogens is 689 g/mol. The monoisotopic (exact) mass is 716 g/mol. The van der Waals surface area contributed by atoms with E-state index in [9.17, 15) is 35.9 Å². The Morgan fingerprint density at radius 2 is 1.06 bits per heavy atom. The molecule has 0 saturated carbocycles. The lowest BCUT2D eigenvalue weighted by atomic mass is 10.1. The number of halogens is 8. The number of carbonyl (C=O) groups excluding carboxylic acids is 2. The summed E-state index contributed by atoms with van der Waals surface area (Å²) in [5.74, 6) is -2.28. The summed E-state index contributed by atoms with van der Waals surface area (Å²) in [6.07, 6.45) is -8.49. The fraction of sp³-hybridized carbons (Fsp3) is 0.312. The Balaban J connectivity index is 1.57. The first-order valence-electron chi connectivity index (χ1n) is 14.6. The van der Waals surface area contributed by atoms with Crippen LogP contribution in [0.1, 0.15) is 16.7 Å². The van der Waals surface area contributed by atoms with Gasteiger partial charge in [-0.05, 0) is 54.1 Å². The molecule has 2 saturated heterocycles. The quantitative estimate of drug-likeness (QED) is 0.115. The van der Waals surface area contributed by atoms with Gasteiger partial charge in [-0.2, -0.15) is 26.3 Å². The van der Waals surface area contributed by atoms with Crippen LogP contribution in [-0.2, 0) is 31.4 Å². The van der Waals surface area contributed by atoms with E-state index in [2.05, 4.69) is 10.6 Å². The van der Waals surface area contributed by atoms with Crippen molar-refractivity contribution in [3.63, 3.8) is 0 Å². The van der Waals surface area contributed by atoms with E-state index in [0.717, 1.165) is 30.3 Å². The van der Waals surface area contributed by atoms with Gasteiger partial charge in [-0.15, -0.1) is 0 Å². The standard InChI is InChI=1S/C32H28Cl2F6N4O4/c33-20-15-19(16-21(34)18-20)17-22(29(45)41-25-5-1-3-23(31(35,36)37)27(25)43-7-11-47-12-8-43)30(46)42-26-6-2-4-24(32(38,39)40)28(26)44-9-13-48-14-10-44/h1-6,15-18H,7-14H2,(H,41,45)(H,42,46). The summed E-state index contributed by atoms with van der Waals surface area (Å²) in [5, 5.41) is 5.15. The van der Waals surface area contributed by atoms with Crippen LogP contribution in [0.25, 0.3) is 6.08 Å². The average Bonchev–Trinajstić information content (AvgIpc) is 3.03. The Hall–Kier alpha value is -3.98. The summed E-state index contributed by atoms with van der Waals surface area (Å²) in [5.41, 5.74) is -3.64. The van der Waals surface area contributed by atoms with Crippen LogP contribution in [0.3, 0.4) is 0 Å². The number of para-hydroxylation sites is 2. The van der Waals surface area contributed by atoms with Crippen molar-refractivity contribution < 1.29 is 45.4 Å². The Bertz CT molecular complexity index is 1590. The molecular formula is C32H28Cl2F6N4O4. The van der Waals surface area contributed by atoms with E-state index < -0.39 is 40.9 Å². The summed E-state index contributed by atoms with van der Waals surface area (Å²) in [7, 11) is 0. The van der Waals surface area contributed by atoms with E-state index in [1.54, 1.807) is 0 Å². The van der Waals surface area contributed by atoms with E-state index in [1.165, 1.54) is 40.1 Å². The molecule has 0 spiro atoms. The van der Waals surface area contributed by atoms with Gasteiger partial charge in [0.1, 0.15) is 5.57 Å². The highest BCUT2D eigenvalue weighted by molar-refractivity contribution is 6.35. The molecule has 2 N–H and O–H groups in total. The molecule has 2 aliphatic heterocycles. The molecule has 48 heavy (non-hydrogen) atoms. The number of anilines is 4. The minimum atomic E-state index is -4.79. The van der Waals surface area contributed by atoms with Crippen molar-refractivity contribution in [3.05, 3.63) is 86.9 Å². The summed E-state index contributed by atoms with van der Waals surface area (Å²) >= 11 is 12.3. The smallest absolute Gasteiger partial charge is 0.378 e. The van der Waals surface area contributed by atoms with Gasteiger partial charge in [-0.25, -0.2) is 0 Å². The number of nitrogens with one attached hydrogen (secondary N) is 2. The Labute approximate surface area is 281 Å². The third-order valence-corrected chi connectivity index (χ3v) is 7.96. The number of morpholine rings is 2. The molecule has 2 amide bonds. The maximum atomic E-state index is 14.2. The lowest BCUT2D eigenvalue weighted by Crippen LogP contribution is -2.38. The van der Waals surface area contributed by atoms with Crippen LogP contribution in [0.15, 0.2) is 60.2 Å². The van der Waals surface area contributed by atoms with Crippen LogP contribution in [0, 0.1) is 0 Å². The molecule has 3 aromatic rings. The van der Waals surface area contributed by atoms with Crippen molar-refractivity contribution in [1.82, 2.24) is 0 Å². The first-order valence-corrected chi connectivity index (χ1v) is 15.3. The van der Waals surface area contributed by atoms with Gasteiger partial charge < -0.3 is 29.9 Å². The molecule has 0 unspecified atom stereocenters. The van der Waals surface area contributed by atoms with Gasteiger partial charge in [0, 0.05) is 36.2 Å². The fourth-order valence-corrected chi connectivity index (χ4v) is 5.98. The molecule has 256 valence electrons. The Morgan fingerprint density at radius 3 is 1.44 bits per heavy atom. The summed E-state index contributed by atoms with van der Waals surface area (Å²) in [4.78, 5) is 30.6. The molecule has 0 bridgehead atoms. The normalized spacial score (nSPS) is 15.6. The van der Waals surface area contributed by atoms with Crippen LogP contribution >= 0.6 is 23.2 Å². The predicted octanol–water partition coefficient (Wildman–Crippen LogP) is 7.37. The van der Waals surface area contributed by atoms with Gasteiger partial charge >= 0.3 is 12.4 Å². The number of amides is 2. The van der Waals surface area contributed by atoms with Crippen LogP contribution in [-0.4, -0.2) is 64.4 Å². The second-order valence-corrected chi connectivity index (χ2v) is 11.6. The maximum Gasteiger partial charge on any atom is 0.418 e. The van der Waals surface area contributed by atoms with E-state index >= 15 is 0 Å². The number of alkyl halides is 6. The average molecular weight is 717 g/mol. The van der Waals surface area contributed by atoms with E-state index in [-0.39, 0.29) is 91.0 Å². The van der Waals surface area contributed by atoms with Gasteiger partial charge in [-0.1, -0.05) is 35.3 Å². The van der Waals surface area contributed by atoms with Crippen LogP contribution in [0.4, 0.5) is 49.1 Å². The summed E-state index contributed by atoms with van der Waals surface area (Å²) in [6.45, 7) is 0.965. The second kappa shape index (κ2) is 14.6. The Morgan fingerprint density at radius 1 is 0.667 bits per heavy atom. The lowest BCUT2D eigenvalue weighted by Gasteiger charge is -2.33. The third-order valence-electron chi connectivity index (χ3n) is 7.52. The minimum absolute atomic E-state index is 0.0972. The van der Waals surface area contributed by atoms with Gasteiger partial charge in [0.2, 0.25) is 0 Å². The van der Waals surface area contributed by atoms with Gasteiger partial charge in [0.25, 0.3) is 11.8 Å². The fourth-order valence-electron chi connectivity index (χ4n) is 5.44. The number of benzene rings is 3. The van der Waals surface area contributed by atoms with Crippen molar-refractivity contribution in [2.75, 3.05) is 73.0 Å². The number of ether oxygens (including phenoxy) is 2. The molecule has 2 aliphatic rings. The number of hydrogen-bond acceptors (Lipinski definition) is 6. The third kappa shape index (κ3) is 8.35. The highest BCUT2D eigenvalue weighted by Gasteiger charge is 2.38. The van der Waals surface area contributed by atoms with E-state index in [1.807, 2.05) is 0 Å². The zero-order valence-electron chi connectivity index (χ0n) is 25.0. The molecule has 8 nitrogen and oxygen atoms in total. The molecule has 2 heterocycles. The first-order chi connectivity index (χ1) is 22.7. The largest absolute Gasteiger partial charge is 0.418 e. The second-order valence-electron chi connectivity index (χ2n) is 10.8. The zero-order valence-corrected chi connectivity index (χ0v) is 26.5.